The topological polar surface area (TPSA) is 76.0 Å². The van der Waals surface area contributed by atoms with Crippen LogP contribution in [0.3, 0.4) is 0 Å². The Morgan fingerprint density at radius 2 is 1.33 bits per heavy atom. The largest absolute Gasteiger partial charge is 0.514 e. The van der Waals surface area contributed by atoms with Gasteiger partial charge in [0.1, 0.15) is 0 Å². The van der Waals surface area contributed by atoms with Crippen LogP contribution in [0.4, 0.5) is 0 Å². The molecule has 158 valence electrons. The molecule has 0 N–H and O–H groups in total. The van der Waals surface area contributed by atoms with Crippen molar-refractivity contribution in [3.8, 4) is 0 Å². The van der Waals surface area contributed by atoms with Crippen LogP contribution in [-0.4, -0.2) is 48.0 Å². The highest BCUT2D eigenvalue weighted by Crippen LogP contribution is 2.54. The van der Waals surface area contributed by atoms with Crippen LogP contribution >= 0.6 is 18.2 Å². The Hall–Kier alpha value is -2.54. The Morgan fingerprint density at radius 1 is 0.833 bits per heavy atom. The van der Waals surface area contributed by atoms with Crippen LogP contribution in [0.25, 0.3) is 0 Å². The summed E-state index contributed by atoms with van der Waals surface area (Å²) in [6.45, 7) is -0.538. The lowest BCUT2D eigenvalue weighted by atomic mass is 10.2. The molecule has 0 amide bonds. The van der Waals surface area contributed by atoms with E-state index in [1.807, 2.05) is 70.5 Å². The van der Waals surface area contributed by atoms with Gasteiger partial charge < -0.3 is 14.3 Å². The van der Waals surface area contributed by atoms with E-state index in [1.165, 1.54) is 0 Å². The first kappa shape index (κ1) is 20.7. The molecule has 2 aliphatic rings. The minimum atomic E-state index is -4.08. The monoisotopic (exact) mass is 448 g/mol. The van der Waals surface area contributed by atoms with Gasteiger partial charge in [-0.15, -0.1) is 0 Å². The van der Waals surface area contributed by atoms with Crippen LogP contribution in [0.5, 0.6) is 0 Å². The molecule has 0 bridgehead atoms. The molecule has 0 radical (unpaired) electrons. The van der Waals surface area contributed by atoms with Gasteiger partial charge in [0.2, 0.25) is 0 Å². The lowest BCUT2D eigenvalue weighted by molar-refractivity contribution is -0.132. The van der Waals surface area contributed by atoms with Gasteiger partial charge in [0, 0.05) is 37.4 Å². The summed E-state index contributed by atoms with van der Waals surface area (Å²) >= 11 is 5.98. The highest BCUT2D eigenvalue weighted by molar-refractivity contribution is 7.81. The van der Waals surface area contributed by atoms with E-state index in [-0.39, 0.29) is 12.0 Å². The second-order valence-corrected chi connectivity index (χ2v) is 9.26. The summed E-state index contributed by atoms with van der Waals surface area (Å²) in [7, 11) is 0. The van der Waals surface area contributed by atoms with Crippen molar-refractivity contribution < 1.29 is 18.7 Å². The summed E-state index contributed by atoms with van der Waals surface area (Å²) in [4.78, 5) is 17.4. The van der Waals surface area contributed by atoms with Crippen LogP contribution < -0.4 is 0 Å². The van der Waals surface area contributed by atoms with Gasteiger partial charge >= 0.3 is 13.0 Å². The van der Waals surface area contributed by atoms with Crippen molar-refractivity contribution in [3.05, 3.63) is 71.8 Å². The van der Waals surface area contributed by atoms with E-state index < -0.39 is 6.95 Å². The summed E-state index contributed by atoms with van der Waals surface area (Å²) in [6.07, 6.45) is 0. The van der Waals surface area contributed by atoms with E-state index in [0.29, 0.717) is 39.3 Å². The minimum Gasteiger partial charge on any atom is -0.378 e. The van der Waals surface area contributed by atoms with Crippen molar-refractivity contribution in [2.24, 2.45) is 9.98 Å². The maximum absolute atomic E-state index is 12.6. The first-order chi connectivity index (χ1) is 14.6. The second-order valence-electron chi connectivity index (χ2n) is 6.82. The van der Waals surface area contributed by atoms with Gasteiger partial charge in [-0.2, -0.15) is 0 Å². The van der Waals surface area contributed by atoms with Gasteiger partial charge in [-0.25, -0.2) is 14.5 Å². The molecule has 0 saturated heterocycles. The molecule has 8 nitrogen and oxygen atoms in total. The molecule has 0 aromatic heterocycles. The predicted octanol–water partition coefficient (Wildman–Crippen LogP) is 4.04. The van der Waals surface area contributed by atoms with E-state index in [0.717, 1.165) is 11.1 Å². The first-order valence-electron chi connectivity index (χ1n) is 9.61. The molecule has 10 heteroatoms. The molecule has 2 aliphatic heterocycles. The Labute approximate surface area is 180 Å². The average Bonchev–Trinajstić information content (AvgIpc) is 3.37. The highest BCUT2D eigenvalue weighted by atomic mass is 35.7. The summed E-state index contributed by atoms with van der Waals surface area (Å²) in [5.41, 5.74) is 2.17. The van der Waals surface area contributed by atoms with Crippen molar-refractivity contribution in [3.63, 3.8) is 0 Å². The number of halogens is 1. The Kier molecular flexibility index (Phi) is 6.57. The standard InChI is InChI=1S/C20H22ClN4O4P/c21-30(26,28-20-23-12-14-25(20)16-18-9-5-2-6-10-18)29-27-19-22-11-13-24(19)15-17-7-3-1-4-8-17/h1-10H,11-16H2/t30-/m0/s1. The van der Waals surface area contributed by atoms with Gasteiger partial charge in [0.25, 0.3) is 6.02 Å². The Morgan fingerprint density at radius 3 is 1.90 bits per heavy atom. The SMILES string of the molecule is O=[P@](Cl)(OOC1=NCCN1Cc1ccccc1)OC1=NCCN1Cc1ccccc1. The molecule has 0 fully saturated rings. The zero-order chi connectivity index (χ0) is 20.8. The van der Waals surface area contributed by atoms with E-state index in [1.54, 1.807) is 0 Å². The van der Waals surface area contributed by atoms with E-state index in [2.05, 4.69) is 9.98 Å². The van der Waals surface area contributed by atoms with Crippen molar-refractivity contribution >= 4 is 30.2 Å². The minimum absolute atomic E-state index is 0.176. The second kappa shape index (κ2) is 9.51. The molecule has 0 saturated carbocycles. The first-order valence-corrected chi connectivity index (χ1v) is 12.1. The molecular weight excluding hydrogens is 427 g/mol. The Bertz CT molecular complexity index is 958. The van der Waals surface area contributed by atoms with Gasteiger partial charge in [-0.3, -0.25) is 4.89 Å². The fourth-order valence-electron chi connectivity index (χ4n) is 3.18. The summed E-state index contributed by atoms with van der Waals surface area (Å²) in [5, 5.41) is 0. The number of nitrogens with zero attached hydrogens (tertiary/aromatic N) is 4. The van der Waals surface area contributed by atoms with Crippen LogP contribution in [-0.2, 0) is 31.7 Å². The third kappa shape index (κ3) is 5.53. The number of hydrogen-bond acceptors (Lipinski definition) is 8. The number of amidine groups is 2. The number of benzene rings is 2. The zero-order valence-electron chi connectivity index (χ0n) is 16.3. The van der Waals surface area contributed by atoms with E-state index in [4.69, 9.17) is 25.3 Å². The third-order valence-electron chi connectivity index (χ3n) is 4.60. The summed E-state index contributed by atoms with van der Waals surface area (Å²) in [5.74, 6) is 0. The van der Waals surface area contributed by atoms with Gasteiger partial charge in [0.15, 0.2) is 0 Å². The van der Waals surface area contributed by atoms with Crippen LogP contribution in [0.1, 0.15) is 11.1 Å². The third-order valence-corrected chi connectivity index (χ3v) is 5.61. The lowest BCUT2D eigenvalue weighted by Gasteiger charge is -2.22. The maximum Gasteiger partial charge on any atom is 0.514 e. The average molecular weight is 449 g/mol. The van der Waals surface area contributed by atoms with Crippen molar-refractivity contribution in [2.75, 3.05) is 26.2 Å². The van der Waals surface area contributed by atoms with Crippen molar-refractivity contribution in [1.29, 1.82) is 0 Å². The maximum atomic E-state index is 12.6. The molecule has 30 heavy (non-hydrogen) atoms. The van der Waals surface area contributed by atoms with Crippen LogP contribution in [0.2, 0.25) is 0 Å². The summed E-state index contributed by atoms with van der Waals surface area (Å²) in [6, 6.07) is 20.1. The molecule has 1 atom stereocenters. The van der Waals surface area contributed by atoms with Crippen LogP contribution in [0.15, 0.2) is 70.6 Å². The highest BCUT2D eigenvalue weighted by Gasteiger charge is 2.33. The zero-order valence-corrected chi connectivity index (χ0v) is 17.9. The van der Waals surface area contributed by atoms with Gasteiger partial charge in [-0.05, 0) is 11.1 Å². The van der Waals surface area contributed by atoms with Crippen LogP contribution in [0, 0.1) is 0 Å². The fraction of sp³-hybridized carbons (Fsp3) is 0.300. The van der Waals surface area contributed by atoms with E-state index >= 15 is 0 Å². The molecule has 0 aliphatic carbocycles. The van der Waals surface area contributed by atoms with E-state index in [9.17, 15) is 4.57 Å². The molecule has 2 heterocycles. The van der Waals surface area contributed by atoms with Gasteiger partial charge in [0.05, 0.1) is 13.1 Å². The molecular formula is C20H22ClN4O4P. The van der Waals surface area contributed by atoms with Crippen molar-refractivity contribution in [2.45, 2.75) is 13.1 Å². The van der Waals surface area contributed by atoms with Crippen molar-refractivity contribution in [1.82, 2.24) is 9.80 Å². The molecule has 4 rings (SSSR count). The summed E-state index contributed by atoms with van der Waals surface area (Å²) < 4.78 is 22.9. The quantitative estimate of drug-likeness (QED) is 0.361. The lowest BCUT2D eigenvalue weighted by Crippen LogP contribution is -2.30. The fourth-order valence-corrected chi connectivity index (χ4v) is 4.01. The molecule has 2 aromatic rings. The molecule has 2 aromatic carbocycles. The number of hydrogen-bond donors (Lipinski definition) is 0. The predicted molar refractivity (Wildman–Crippen MR) is 115 cm³/mol. The number of rotatable bonds is 7. The van der Waals surface area contributed by atoms with Gasteiger partial charge in [-0.1, -0.05) is 65.3 Å². The smallest absolute Gasteiger partial charge is 0.378 e. The normalized spacial score (nSPS) is 18.0. The molecule has 0 unspecified atom stereocenters. The molecule has 0 spiro atoms. The number of aliphatic imine (C=N–C) groups is 2. The Balaban J connectivity index is 1.31.